The summed E-state index contributed by atoms with van der Waals surface area (Å²) in [5.41, 5.74) is 2.51. The van der Waals surface area contributed by atoms with Gasteiger partial charge in [0.15, 0.2) is 0 Å². The number of halogens is 1. The van der Waals surface area contributed by atoms with Crippen molar-refractivity contribution in [1.82, 2.24) is 4.90 Å². The van der Waals surface area contributed by atoms with Crippen LogP contribution in [0.1, 0.15) is 15.9 Å². The Morgan fingerprint density at radius 1 is 1.05 bits per heavy atom. The van der Waals surface area contributed by atoms with Gasteiger partial charge >= 0.3 is 0 Å². The van der Waals surface area contributed by atoms with Crippen LogP contribution in [0.2, 0.25) is 0 Å². The number of benzene rings is 2. The highest BCUT2D eigenvalue weighted by Gasteiger charge is 2.12. The molecule has 0 aliphatic heterocycles. The van der Waals surface area contributed by atoms with E-state index >= 15 is 0 Å². The van der Waals surface area contributed by atoms with Gasteiger partial charge in [-0.1, -0.05) is 18.2 Å². The van der Waals surface area contributed by atoms with Crippen molar-refractivity contribution in [2.24, 2.45) is 0 Å². The Balaban J connectivity index is 2.07. The molecule has 4 heteroatoms. The average molecular weight is 286 g/mol. The van der Waals surface area contributed by atoms with Gasteiger partial charge in [-0.15, -0.1) is 0 Å². The lowest BCUT2D eigenvalue weighted by molar-refractivity contribution is 0.0784. The fourth-order valence-corrected chi connectivity index (χ4v) is 2.09. The molecule has 110 valence electrons. The molecule has 21 heavy (non-hydrogen) atoms. The van der Waals surface area contributed by atoms with Gasteiger partial charge in [0.2, 0.25) is 0 Å². The maximum Gasteiger partial charge on any atom is 0.253 e. The predicted octanol–water partition coefficient (Wildman–Crippen LogP) is 3.16. The van der Waals surface area contributed by atoms with Gasteiger partial charge in [-0.2, -0.15) is 0 Å². The number of carbonyl (C=O) groups is 1. The van der Waals surface area contributed by atoms with E-state index in [1.54, 1.807) is 24.1 Å². The summed E-state index contributed by atoms with van der Waals surface area (Å²) < 4.78 is 13.2. The maximum atomic E-state index is 13.2. The summed E-state index contributed by atoms with van der Waals surface area (Å²) in [7, 11) is 5.68. The van der Waals surface area contributed by atoms with Crippen molar-refractivity contribution < 1.29 is 9.18 Å². The van der Waals surface area contributed by atoms with Crippen LogP contribution in [0.3, 0.4) is 0 Å². The maximum absolute atomic E-state index is 13.2. The standard InChI is InChI=1S/C17H19FN2O/c1-19(2)16-9-7-13(8-10-16)12-20(3)17(21)14-5-4-6-15(18)11-14/h4-11H,12H2,1-3H3. The van der Waals surface area contributed by atoms with Gasteiger partial charge in [-0.3, -0.25) is 4.79 Å². The average Bonchev–Trinajstić information content (AvgIpc) is 2.47. The van der Waals surface area contributed by atoms with Gasteiger partial charge in [-0.25, -0.2) is 4.39 Å². The Morgan fingerprint density at radius 2 is 1.71 bits per heavy atom. The second-order valence-corrected chi connectivity index (χ2v) is 5.23. The Morgan fingerprint density at radius 3 is 2.29 bits per heavy atom. The molecular formula is C17H19FN2O. The van der Waals surface area contributed by atoms with Gasteiger partial charge in [0.1, 0.15) is 5.82 Å². The first-order valence-electron chi connectivity index (χ1n) is 6.74. The van der Waals surface area contributed by atoms with Crippen molar-refractivity contribution in [2.45, 2.75) is 6.54 Å². The van der Waals surface area contributed by atoms with Gasteiger partial charge in [0, 0.05) is 38.9 Å². The Hall–Kier alpha value is -2.36. The van der Waals surface area contributed by atoms with Crippen LogP contribution in [0.5, 0.6) is 0 Å². The second kappa shape index (κ2) is 6.39. The van der Waals surface area contributed by atoms with Crippen LogP contribution in [-0.4, -0.2) is 32.0 Å². The number of hydrogen-bond donors (Lipinski definition) is 0. The summed E-state index contributed by atoms with van der Waals surface area (Å²) in [6.07, 6.45) is 0. The van der Waals surface area contributed by atoms with Crippen LogP contribution in [0.15, 0.2) is 48.5 Å². The van der Waals surface area contributed by atoms with E-state index < -0.39 is 5.82 Å². The summed E-state index contributed by atoms with van der Waals surface area (Å²) >= 11 is 0. The minimum absolute atomic E-state index is 0.189. The van der Waals surface area contributed by atoms with Crippen molar-refractivity contribution in [3.05, 3.63) is 65.5 Å². The van der Waals surface area contributed by atoms with E-state index in [4.69, 9.17) is 0 Å². The van der Waals surface area contributed by atoms with Gasteiger partial charge in [-0.05, 0) is 35.9 Å². The molecule has 0 aliphatic rings. The van der Waals surface area contributed by atoms with Crippen LogP contribution in [0.4, 0.5) is 10.1 Å². The van der Waals surface area contributed by atoms with E-state index in [1.807, 2.05) is 43.3 Å². The molecule has 0 aromatic heterocycles. The minimum atomic E-state index is -0.399. The topological polar surface area (TPSA) is 23.6 Å². The monoisotopic (exact) mass is 286 g/mol. The molecule has 1 amide bonds. The molecule has 0 unspecified atom stereocenters. The van der Waals surface area contributed by atoms with Gasteiger partial charge in [0.25, 0.3) is 5.91 Å². The van der Waals surface area contributed by atoms with Crippen molar-refractivity contribution in [3.8, 4) is 0 Å². The van der Waals surface area contributed by atoms with Gasteiger partial charge in [0.05, 0.1) is 0 Å². The molecular weight excluding hydrogens is 267 g/mol. The summed E-state index contributed by atoms with van der Waals surface area (Å²) in [6, 6.07) is 13.8. The SMILES string of the molecule is CN(Cc1ccc(N(C)C)cc1)C(=O)c1cccc(F)c1. The molecule has 2 rings (SSSR count). The molecule has 0 aliphatic carbocycles. The molecule has 0 saturated carbocycles. The third-order valence-electron chi connectivity index (χ3n) is 3.29. The summed E-state index contributed by atoms with van der Waals surface area (Å²) in [6.45, 7) is 0.489. The highest BCUT2D eigenvalue weighted by molar-refractivity contribution is 5.94. The van der Waals surface area contributed by atoms with Crippen LogP contribution in [0.25, 0.3) is 0 Å². The van der Waals surface area contributed by atoms with Crippen molar-refractivity contribution in [3.63, 3.8) is 0 Å². The smallest absolute Gasteiger partial charge is 0.253 e. The normalized spacial score (nSPS) is 10.3. The molecule has 3 nitrogen and oxygen atoms in total. The predicted molar refractivity (Wildman–Crippen MR) is 83.0 cm³/mol. The second-order valence-electron chi connectivity index (χ2n) is 5.23. The lowest BCUT2D eigenvalue weighted by atomic mass is 10.1. The van der Waals surface area contributed by atoms with Crippen LogP contribution in [-0.2, 0) is 6.54 Å². The van der Waals surface area contributed by atoms with E-state index in [2.05, 4.69) is 0 Å². The molecule has 0 spiro atoms. The van der Waals surface area contributed by atoms with Crippen LogP contribution in [0, 0.1) is 5.82 Å². The molecule has 2 aromatic carbocycles. The zero-order chi connectivity index (χ0) is 15.4. The van der Waals surface area contributed by atoms with E-state index in [0.29, 0.717) is 12.1 Å². The van der Waals surface area contributed by atoms with E-state index in [-0.39, 0.29) is 5.91 Å². The number of anilines is 1. The lowest BCUT2D eigenvalue weighted by Crippen LogP contribution is -2.26. The van der Waals surface area contributed by atoms with E-state index in [0.717, 1.165) is 11.3 Å². The highest BCUT2D eigenvalue weighted by atomic mass is 19.1. The van der Waals surface area contributed by atoms with Crippen molar-refractivity contribution >= 4 is 11.6 Å². The molecule has 0 saturated heterocycles. The van der Waals surface area contributed by atoms with Crippen LogP contribution >= 0.6 is 0 Å². The third kappa shape index (κ3) is 3.81. The molecule has 0 atom stereocenters. The Kier molecular flexibility index (Phi) is 4.58. The number of nitrogens with zero attached hydrogens (tertiary/aromatic N) is 2. The van der Waals surface area contributed by atoms with Crippen molar-refractivity contribution in [2.75, 3.05) is 26.0 Å². The Labute approximate surface area is 124 Å². The Bertz CT molecular complexity index is 623. The fourth-order valence-electron chi connectivity index (χ4n) is 2.09. The molecule has 0 bridgehead atoms. The number of amides is 1. The van der Waals surface area contributed by atoms with Crippen LogP contribution < -0.4 is 4.90 Å². The summed E-state index contributed by atoms with van der Waals surface area (Å²) in [4.78, 5) is 15.8. The molecule has 0 fully saturated rings. The first kappa shape index (κ1) is 15.0. The number of rotatable bonds is 4. The molecule has 0 radical (unpaired) electrons. The third-order valence-corrected chi connectivity index (χ3v) is 3.29. The lowest BCUT2D eigenvalue weighted by Gasteiger charge is -2.18. The molecule has 0 heterocycles. The minimum Gasteiger partial charge on any atom is -0.378 e. The zero-order valence-electron chi connectivity index (χ0n) is 12.5. The summed E-state index contributed by atoms with van der Waals surface area (Å²) in [5, 5.41) is 0. The summed E-state index contributed by atoms with van der Waals surface area (Å²) in [5.74, 6) is -0.587. The zero-order valence-corrected chi connectivity index (χ0v) is 12.5. The first-order valence-corrected chi connectivity index (χ1v) is 6.74. The van der Waals surface area contributed by atoms with Gasteiger partial charge < -0.3 is 9.80 Å². The fraction of sp³-hybridized carbons (Fsp3) is 0.235. The van der Waals surface area contributed by atoms with E-state index in [1.165, 1.54) is 12.1 Å². The first-order chi connectivity index (χ1) is 9.97. The number of hydrogen-bond acceptors (Lipinski definition) is 2. The number of carbonyl (C=O) groups excluding carboxylic acids is 1. The van der Waals surface area contributed by atoms with E-state index in [9.17, 15) is 9.18 Å². The molecule has 0 N–H and O–H groups in total. The molecule has 2 aromatic rings. The largest absolute Gasteiger partial charge is 0.378 e. The quantitative estimate of drug-likeness (QED) is 0.862. The highest BCUT2D eigenvalue weighted by Crippen LogP contribution is 2.14. The van der Waals surface area contributed by atoms with Crippen molar-refractivity contribution in [1.29, 1.82) is 0 Å².